The fourth-order valence-electron chi connectivity index (χ4n) is 2.55. The molecular weight excluding hydrogens is 230 g/mol. The Kier molecular flexibility index (Phi) is 4.72. The summed E-state index contributed by atoms with van der Waals surface area (Å²) in [5, 5.41) is 13.8. The summed E-state index contributed by atoms with van der Waals surface area (Å²) in [6.45, 7) is 7.35. The van der Waals surface area contributed by atoms with E-state index in [0.717, 1.165) is 51.1 Å². The van der Waals surface area contributed by atoms with E-state index in [0.29, 0.717) is 5.89 Å². The van der Waals surface area contributed by atoms with E-state index >= 15 is 0 Å². The molecule has 1 aliphatic rings. The van der Waals surface area contributed by atoms with Gasteiger partial charge in [-0.2, -0.15) is 4.98 Å². The molecule has 0 saturated heterocycles. The highest BCUT2D eigenvalue weighted by Crippen LogP contribution is 2.33. The van der Waals surface area contributed by atoms with Crippen molar-refractivity contribution < 1.29 is 9.63 Å². The highest BCUT2D eigenvalue weighted by Gasteiger charge is 2.31. The smallest absolute Gasteiger partial charge is 0.232 e. The van der Waals surface area contributed by atoms with Crippen LogP contribution in [0.4, 0.5) is 0 Å². The van der Waals surface area contributed by atoms with E-state index in [1.165, 1.54) is 0 Å². The van der Waals surface area contributed by atoms with Gasteiger partial charge in [-0.05, 0) is 32.4 Å². The molecule has 1 N–H and O–H groups in total. The van der Waals surface area contributed by atoms with Gasteiger partial charge < -0.3 is 14.5 Å². The molecule has 1 fully saturated rings. The molecule has 1 aromatic rings. The number of nitrogens with zero attached hydrogens (tertiary/aromatic N) is 3. The molecule has 0 radical (unpaired) electrons. The minimum Gasteiger partial charge on any atom is -0.392 e. The standard InChI is InChI=1S/C13H23N3O2/c1-3-16(4-2)9-8-12-14-13(18-15-12)10-6-5-7-11(10)17/h10-11,17H,3-9H2,1-2H3. The van der Waals surface area contributed by atoms with Crippen molar-refractivity contribution in [2.45, 2.75) is 51.6 Å². The first-order chi connectivity index (χ1) is 8.74. The molecule has 0 bridgehead atoms. The van der Waals surface area contributed by atoms with Gasteiger partial charge >= 0.3 is 0 Å². The van der Waals surface area contributed by atoms with Crippen LogP contribution in [0.25, 0.3) is 0 Å². The highest BCUT2D eigenvalue weighted by molar-refractivity contribution is 5.00. The summed E-state index contributed by atoms with van der Waals surface area (Å²) >= 11 is 0. The second kappa shape index (κ2) is 6.29. The third-order valence-electron chi connectivity index (χ3n) is 3.83. The number of rotatable bonds is 6. The molecule has 1 saturated carbocycles. The van der Waals surface area contributed by atoms with Crippen LogP contribution in [0.2, 0.25) is 0 Å². The summed E-state index contributed by atoms with van der Waals surface area (Å²) in [4.78, 5) is 6.75. The Bertz CT molecular complexity index is 363. The highest BCUT2D eigenvalue weighted by atomic mass is 16.5. The monoisotopic (exact) mass is 253 g/mol. The Morgan fingerprint density at radius 3 is 2.72 bits per heavy atom. The minimum atomic E-state index is -0.305. The number of likely N-dealkylation sites (N-methyl/N-ethyl adjacent to an activating group) is 1. The molecule has 0 spiro atoms. The van der Waals surface area contributed by atoms with Crippen LogP contribution in [0.1, 0.15) is 50.7 Å². The lowest BCUT2D eigenvalue weighted by molar-refractivity contribution is 0.148. The lowest BCUT2D eigenvalue weighted by Crippen LogP contribution is -2.25. The predicted octanol–water partition coefficient (Wildman–Crippen LogP) is 1.58. The van der Waals surface area contributed by atoms with Crippen molar-refractivity contribution in [3.05, 3.63) is 11.7 Å². The first-order valence-electron chi connectivity index (χ1n) is 6.97. The van der Waals surface area contributed by atoms with Crippen LogP contribution < -0.4 is 0 Å². The second-order valence-electron chi connectivity index (χ2n) is 4.93. The van der Waals surface area contributed by atoms with E-state index in [1.54, 1.807) is 0 Å². The molecule has 1 aliphatic carbocycles. The Hall–Kier alpha value is -0.940. The zero-order chi connectivity index (χ0) is 13.0. The lowest BCUT2D eigenvalue weighted by Gasteiger charge is -2.16. The molecule has 2 rings (SSSR count). The predicted molar refractivity (Wildman–Crippen MR) is 68.4 cm³/mol. The van der Waals surface area contributed by atoms with E-state index in [-0.39, 0.29) is 12.0 Å². The van der Waals surface area contributed by atoms with Gasteiger partial charge in [-0.25, -0.2) is 0 Å². The third-order valence-corrected chi connectivity index (χ3v) is 3.83. The van der Waals surface area contributed by atoms with Crippen molar-refractivity contribution in [3.8, 4) is 0 Å². The van der Waals surface area contributed by atoms with Crippen molar-refractivity contribution in [2.24, 2.45) is 0 Å². The number of hydrogen-bond donors (Lipinski definition) is 1. The van der Waals surface area contributed by atoms with E-state index in [9.17, 15) is 5.11 Å². The van der Waals surface area contributed by atoms with Gasteiger partial charge in [0.05, 0.1) is 12.0 Å². The average Bonchev–Trinajstić information content (AvgIpc) is 2.99. The molecule has 2 atom stereocenters. The SMILES string of the molecule is CCN(CC)CCc1noc(C2CCCC2O)n1. The van der Waals surface area contributed by atoms with Gasteiger partial charge in [0.2, 0.25) is 5.89 Å². The maximum Gasteiger partial charge on any atom is 0.232 e. The van der Waals surface area contributed by atoms with Crippen molar-refractivity contribution in [1.82, 2.24) is 15.0 Å². The van der Waals surface area contributed by atoms with Crippen LogP contribution in [-0.4, -0.2) is 45.9 Å². The van der Waals surface area contributed by atoms with Crippen LogP contribution in [-0.2, 0) is 6.42 Å². The molecule has 1 aromatic heterocycles. The molecule has 0 amide bonds. The maximum absolute atomic E-state index is 9.81. The summed E-state index contributed by atoms with van der Waals surface area (Å²) in [5.74, 6) is 1.44. The van der Waals surface area contributed by atoms with E-state index in [2.05, 4.69) is 28.9 Å². The minimum absolute atomic E-state index is 0.0553. The Labute approximate surface area is 108 Å². The van der Waals surface area contributed by atoms with Crippen LogP contribution in [0.15, 0.2) is 4.52 Å². The van der Waals surface area contributed by atoms with Gasteiger partial charge in [-0.1, -0.05) is 19.0 Å². The van der Waals surface area contributed by atoms with Crippen LogP contribution in [0.5, 0.6) is 0 Å². The molecule has 0 aliphatic heterocycles. The van der Waals surface area contributed by atoms with Crippen molar-refractivity contribution in [3.63, 3.8) is 0 Å². The van der Waals surface area contributed by atoms with E-state index < -0.39 is 0 Å². The van der Waals surface area contributed by atoms with Crippen LogP contribution in [0.3, 0.4) is 0 Å². The molecule has 1 heterocycles. The van der Waals surface area contributed by atoms with Crippen molar-refractivity contribution in [1.29, 1.82) is 0 Å². The molecular formula is C13H23N3O2. The topological polar surface area (TPSA) is 62.4 Å². The molecule has 5 nitrogen and oxygen atoms in total. The maximum atomic E-state index is 9.81. The third kappa shape index (κ3) is 3.09. The van der Waals surface area contributed by atoms with Gasteiger partial charge in [0.15, 0.2) is 5.82 Å². The molecule has 18 heavy (non-hydrogen) atoms. The summed E-state index contributed by atoms with van der Waals surface area (Å²) in [7, 11) is 0. The van der Waals surface area contributed by atoms with E-state index in [4.69, 9.17) is 4.52 Å². The Morgan fingerprint density at radius 1 is 1.33 bits per heavy atom. The second-order valence-corrected chi connectivity index (χ2v) is 4.93. The first-order valence-corrected chi connectivity index (χ1v) is 6.97. The molecule has 2 unspecified atom stereocenters. The van der Waals surface area contributed by atoms with Gasteiger partial charge in [0.1, 0.15) is 0 Å². The zero-order valence-corrected chi connectivity index (χ0v) is 11.3. The summed E-state index contributed by atoms with van der Waals surface area (Å²) in [6.07, 6.45) is 3.36. The quantitative estimate of drug-likeness (QED) is 0.834. The van der Waals surface area contributed by atoms with Crippen molar-refractivity contribution in [2.75, 3.05) is 19.6 Å². The van der Waals surface area contributed by atoms with Crippen molar-refractivity contribution >= 4 is 0 Å². The fourth-order valence-corrected chi connectivity index (χ4v) is 2.55. The van der Waals surface area contributed by atoms with Gasteiger partial charge in [-0.15, -0.1) is 0 Å². The zero-order valence-electron chi connectivity index (χ0n) is 11.3. The van der Waals surface area contributed by atoms with Crippen LogP contribution in [0, 0.1) is 0 Å². The number of aliphatic hydroxyl groups is 1. The Balaban J connectivity index is 1.90. The first kappa shape index (κ1) is 13.5. The lowest BCUT2D eigenvalue weighted by atomic mass is 10.1. The number of aliphatic hydroxyl groups excluding tert-OH is 1. The van der Waals surface area contributed by atoms with Gasteiger partial charge in [0, 0.05) is 13.0 Å². The number of hydrogen-bond acceptors (Lipinski definition) is 5. The fraction of sp³-hybridized carbons (Fsp3) is 0.846. The number of aromatic nitrogens is 2. The molecule has 0 aromatic carbocycles. The Morgan fingerprint density at radius 2 is 2.11 bits per heavy atom. The summed E-state index contributed by atoms with van der Waals surface area (Å²) in [5.41, 5.74) is 0. The molecule has 102 valence electrons. The normalized spacial score (nSPS) is 24.0. The van der Waals surface area contributed by atoms with Crippen LogP contribution >= 0.6 is 0 Å². The summed E-state index contributed by atoms with van der Waals surface area (Å²) in [6, 6.07) is 0. The molecule has 5 heteroatoms. The largest absolute Gasteiger partial charge is 0.392 e. The van der Waals surface area contributed by atoms with Gasteiger partial charge in [-0.3, -0.25) is 0 Å². The van der Waals surface area contributed by atoms with Gasteiger partial charge in [0.25, 0.3) is 0 Å². The van der Waals surface area contributed by atoms with E-state index in [1.807, 2.05) is 0 Å². The summed E-state index contributed by atoms with van der Waals surface area (Å²) < 4.78 is 5.28. The average molecular weight is 253 g/mol.